The summed E-state index contributed by atoms with van der Waals surface area (Å²) in [7, 11) is 2.03. The van der Waals surface area contributed by atoms with Gasteiger partial charge in [0.2, 0.25) is 0 Å². The topological polar surface area (TPSA) is 20.3 Å². The highest BCUT2D eigenvalue weighted by atomic mass is 79.9. The Balaban J connectivity index is 2.90. The lowest BCUT2D eigenvalue weighted by Gasteiger charge is -2.24. The van der Waals surface area contributed by atoms with Crippen LogP contribution in [0.3, 0.4) is 0 Å². The van der Waals surface area contributed by atoms with Crippen LogP contribution in [0.2, 0.25) is 0 Å². The summed E-state index contributed by atoms with van der Waals surface area (Å²) in [6, 6.07) is 5.81. The van der Waals surface area contributed by atoms with E-state index in [0.717, 1.165) is 35.0 Å². The molecule has 88 valence electrons. The summed E-state index contributed by atoms with van der Waals surface area (Å²) in [6.07, 6.45) is 2.06. The number of aldehydes is 1. The number of benzene rings is 1. The van der Waals surface area contributed by atoms with E-state index < -0.39 is 0 Å². The summed E-state index contributed by atoms with van der Waals surface area (Å²) in [5, 5.41) is 0. The first-order valence-electron chi connectivity index (χ1n) is 5.54. The summed E-state index contributed by atoms with van der Waals surface area (Å²) in [6.45, 7) is 5.37. The largest absolute Gasteiger partial charge is 0.374 e. The lowest BCUT2D eigenvalue weighted by molar-refractivity contribution is 0.112. The zero-order chi connectivity index (χ0) is 12.1. The molecule has 1 atom stereocenters. The second-order valence-electron chi connectivity index (χ2n) is 4.21. The summed E-state index contributed by atoms with van der Waals surface area (Å²) in [5.74, 6) is 0.633. The van der Waals surface area contributed by atoms with Gasteiger partial charge in [0, 0.05) is 29.3 Å². The molecule has 0 saturated heterocycles. The van der Waals surface area contributed by atoms with Crippen molar-refractivity contribution in [2.75, 3.05) is 18.5 Å². The van der Waals surface area contributed by atoms with E-state index in [0.29, 0.717) is 5.92 Å². The van der Waals surface area contributed by atoms with E-state index in [2.05, 4.69) is 34.7 Å². The van der Waals surface area contributed by atoms with Gasteiger partial charge in [-0.25, -0.2) is 0 Å². The SMILES string of the molecule is CCC(C)CN(C)c1ccc(Br)cc1C=O. The molecule has 1 aromatic carbocycles. The molecule has 0 aliphatic rings. The Kier molecular flexibility index (Phi) is 5.00. The second kappa shape index (κ2) is 6.04. The maximum absolute atomic E-state index is 11.0. The first-order chi connectivity index (χ1) is 7.58. The first kappa shape index (κ1) is 13.2. The molecule has 0 aliphatic heterocycles. The molecule has 3 heteroatoms. The molecule has 2 nitrogen and oxygen atoms in total. The number of halogens is 1. The molecule has 0 aromatic heterocycles. The van der Waals surface area contributed by atoms with E-state index in [9.17, 15) is 4.79 Å². The van der Waals surface area contributed by atoms with Gasteiger partial charge in [0.15, 0.2) is 6.29 Å². The van der Waals surface area contributed by atoms with Crippen molar-refractivity contribution in [1.29, 1.82) is 0 Å². The van der Waals surface area contributed by atoms with E-state index >= 15 is 0 Å². The summed E-state index contributed by atoms with van der Waals surface area (Å²) in [5.41, 5.74) is 1.73. The molecule has 0 amide bonds. The fraction of sp³-hybridized carbons (Fsp3) is 0.462. The molecule has 0 fully saturated rings. The summed E-state index contributed by atoms with van der Waals surface area (Å²) in [4.78, 5) is 13.1. The van der Waals surface area contributed by atoms with Crippen molar-refractivity contribution in [3.63, 3.8) is 0 Å². The Morgan fingerprint density at radius 1 is 1.50 bits per heavy atom. The smallest absolute Gasteiger partial charge is 0.152 e. The maximum Gasteiger partial charge on any atom is 0.152 e. The van der Waals surface area contributed by atoms with Crippen LogP contribution in [-0.2, 0) is 0 Å². The lowest BCUT2D eigenvalue weighted by Crippen LogP contribution is -2.24. The van der Waals surface area contributed by atoms with E-state index in [1.165, 1.54) is 0 Å². The van der Waals surface area contributed by atoms with E-state index in [4.69, 9.17) is 0 Å². The quantitative estimate of drug-likeness (QED) is 0.768. The van der Waals surface area contributed by atoms with Gasteiger partial charge >= 0.3 is 0 Å². The Morgan fingerprint density at radius 3 is 2.75 bits per heavy atom. The molecule has 0 aliphatic carbocycles. The Morgan fingerprint density at radius 2 is 2.19 bits per heavy atom. The van der Waals surface area contributed by atoms with Crippen LogP contribution in [0, 0.1) is 5.92 Å². The van der Waals surface area contributed by atoms with E-state index in [-0.39, 0.29) is 0 Å². The van der Waals surface area contributed by atoms with Crippen molar-refractivity contribution >= 4 is 27.9 Å². The van der Waals surface area contributed by atoms with Crippen molar-refractivity contribution in [3.05, 3.63) is 28.2 Å². The fourth-order valence-electron chi connectivity index (χ4n) is 1.66. The van der Waals surface area contributed by atoms with Crippen LogP contribution >= 0.6 is 15.9 Å². The van der Waals surface area contributed by atoms with Crippen LogP contribution in [0.15, 0.2) is 22.7 Å². The van der Waals surface area contributed by atoms with Gasteiger partial charge in [-0.1, -0.05) is 36.2 Å². The van der Waals surface area contributed by atoms with Crippen molar-refractivity contribution in [1.82, 2.24) is 0 Å². The van der Waals surface area contributed by atoms with Crippen LogP contribution < -0.4 is 4.90 Å². The van der Waals surface area contributed by atoms with Gasteiger partial charge in [-0.3, -0.25) is 4.79 Å². The average molecular weight is 284 g/mol. The predicted molar refractivity (Wildman–Crippen MR) is 72.3 cm³/mol. The first-order valence-corrected chi connectivity index (χ1v) is 6.33. The van der Waals surface area contributed by atoms with Crippen LogP contribution in [0.25, 0.3) is 0 Å². The number of rotatable bonds is 5. The summed E-state index contributed by atoms with van der Waals surface area (Å²) < 4.78 is 0.940. The molecule has 0 N–H and O–H groups in total. The number of anilines is 1. The minimum Gasteiger partial charge on any atom is -0.374 e. The van der Waals surface area contributed by atoms with Crippen molar-refractivity contribution < 1.29 is 4.79 Å². The molecule has 16 heavy (non-hydrogen) atoms. The zero-order valence-electron chi connectivity index (χ0n) is 10.0. The van der Waals surface area contributed by atoms with Gasteiger partial charge in [0.05, 0.1) is 0 Å². The number of nitrogens with zero attached hydrogens (tertiary/aromatic N) is 1. The second-order valence-corrected chi connectivity index (χ2v) is 5.13. The van der Waals surface area contributed by atoms with E-state index in [1.54, 1.807) is 0 Å². The molecule has 0 spiro atoms. The van der Waals surface area contributed by atoms with Crippen LogP contribution in [0.1, 0.15) is 30.6 Å². The Labute approximate surface area is 106 Å². The highest BCUT2D eigenvalue weighted by Gasteiger charge is 2.09. The number of hydrogen-bond acceptors (Lipinski definition) is 2. The molecular formula is C13H18BrNO. The number of carbonyl (C=O) groups is 1. The predicted octanol–water partition coefficient (Wildman–Crippen LogP) is 3.74. The number of carbonyl (C=O) groups excluding carboxylic acids is 1. The van der Waals surface area contributed by atoms with Crippen LogP contribution in [0.5, 0.6) is 0 Å². The van der Waals surface area contributed by atoms with Gasteiger partial charge in [-0.15, -0.1) is 0 Å². The highest BCUT2D eigenvalue weighted by Crippen LogP contribution is 2.23. The molecule has 0 heterocycles. The molecule has 0 bridgehead atoms. The van der Waals surface area contributed by atoms with Crippen LogP contribution in [0.4, 0.5) is 5.69 Å². The monoisotopic (exact) mass is 283 g/mol. The standard InChI is InChI=1S/C13H18BrNO/c1-4-10(2)8-15(3)13-6-5-12(14)7-11(13)9-16/h5-7,9-10H,4,8H2,1-3H3. The van der Waals surface area contributed by atoms with Gasteiger partial charge < -0.3 is 4.90 Å². The molecule has 1 rings (SSSR count). The summed E-state index contributed by atoms with van der Waals surface area (Å²) >= 11 is 3.37. The normalized spacial score (nSPS) is 12.2. The third-order valence-corrected chi connectivity index (χ3v) is 3.30. The van der Waals surface area contributed by atoms with Gasteiger partial charge in [-0.2, -0.15) is 0 Å². The van der Waals surface area contributed by atoms with Crippen molar-refractivity contribution in [2.45, 2.75) is 20.3 Å². The lowest BCUT2D eigenvalue weighted by atomic mass is 10.1. The van der Waals surface area contributed by atoms with Crippen molar-refractivity contribution in [3.8, 4) is 0 Å². The third-order valence-electron chi connectivity index (χ3n) is 2.81. The molecular weight excluding hydrogens is 266 g/mol. The Bertz CT molecular complexity index is 365. The highest BCUT2D eigenvalue weighted by molar-refractivity contribution is 9.10. The molecule has 1 aromatic rings. The van der Waals surface area contributed by atoms with Gasteiger partial charge in [0.25, 0.3) is 0 Å². The zero-order valence-corrected chi connectivity index (χ0v) is 11.6. The molecule has 0 saturated carbocycles. The molecule has 1 unspecified atom stereocenters. The van der Waals surface area contributed by atoms with Crippen LogP contribution in [-0.4, -0.2) is 19.9 Å². The van der Waals surface area contributed by atoms with Gasteiger partial charge in [-0.05, 0) is 24.1 Å². The molecule has 0 radical (unpaired) electrons. The van der Waals surface area contributed by atoms with E-state index in [1.807, 2.05) is 25.2 Å². The minimum absolute atomic E-state index is 0.633. The maximum atomic E-state index is 11.0. The average Bonchev–Trinajstić information content (AvgIpc) is 2.28. The van der Waals surface area contributed by atoms with Crippen molar-refractivity contribution in [2.24, 2.45) is 5.92 Å². The minimum atomic E-state index is 0.633. The number of hydrogen-bond donors (Lipinski definition) is 0. The Hall–Kier alpha value is -0.830. The third kappa shape index (κ3) is 3.34. The van der Waals surface area contributed by atoms with Gasteiger partial charge in [0.1, 0.15) is 0 Å². The fourth-order valence-corrected chi connectivity index (χ4v) is 2.04.